The molecule has 0 saturated carbocycles. The van der Waals surface area contributed by atoms with Gasteiger partial charge in [0.1, 0.15) is 0 Å². The minimum Gasteiger partial charge on any atom is -0.493 e. The molecule has 1 aromatic rings. The van der Waals surface area contributed by atoms with E-state index in [0.29, 0.717) is 44.1 Å². The zero-order chi connectivity index (χ0) is 16.1. The maximum absolute atomic E-state index is 12.4. The molecule has 1 saturated heterocycles. The fourth-order valence-corrected chi connectivity index (χ4v) is 2.56. The highest BCUT2D eigenvalue weighted by molar-refractivity contribution is 5.79. The molecular weight excluding hydrogens is 284 g/mol. The Hall–Kier alpha value is -2.24. The molecule has 0 atom stereocenters. The minimum absolute atomic E-state index is 0.0702. The number of methoxy groups -OCH3 is 2. The average Bonchev–Trinajstić information content (AvgIpc) is 2.56. The molecule has 0 radical (unpaired) electrons. The third kappa shape index (κ3) is 3.50. The first-order chi connectivity index (χ1) is 10.6. The fourth-order valence-electron chi connectivity index (χ4n) is 2.56. The van der Waals surface area contributed by atoms with Crippen LogP contribution in [0, 0.1) is 6.92 Å². The molecule has 1 aliphatic heterocycles. The first-order valence-electron chi connectivity index (χ1n) is 7.27. The summed E-state index contributed by atoms with van der Waals surface area (Å²) in [4.78, 5) is 26.6. The Balaban J connectivity index is 2.07. The molecule has 0 spiro atoms. The number of benzene rings is 1. The largest absolute Gasteiger partial charge is 0.493 e. The fraction of sp³-hybridized carbons (Fsp3) is 0.500. The van der Waals surface area contributed by atoms with Gasteiger partial charge in [-0.05, 0) is 30.2 Å². The lowest BCUT2D eigenvalue weighted by atomic mass is 10.0. The summed E-state index contributed by atoms with van der Waals surface area (Å²) in [5.41, 5.74) is 1.93. The van der Waals surface area contributed by atoms with Gasteiger partial charge in [-0.3, -0.25) is 9.59 Å². The molecule has 6 nitrogen and oxygen atoms in total. The molecule has 2 amide bonds. The lowest BCUT2D eigenvalue weighted by Crippen LogP contribution is -2.48. The van der Waals surface area contributed by atoms with E-state index in [1.807, 2.05) is 19.1 Å². The normalized spacial score (nSPS) is 14.7. The molecule has 1 heterocycles. The summed E-state index contributed by atoms with van der Waals surface area (Å²) >= 11 is 0. The Morgan fingerprint density at radius 1 is 1.14 bits per heavy atom. The van der Waals surface area contributed by atoms with E-state index < -0.39 is 0 Å². The molecule has 1 fully saturated rings. The van der Waals surface area contributed by atoms with Crippen molar-refractivity contribution in [3.8, 4) is 11.5 Å². The summed E-state index contributed by atoms with van der Waals surface area (Å²) in [6.45, 7) is 4.32. The zero-order valence-corrected chi connectivity index (χ0v) is 13.3. The van der Waals surface area contributed by atoms with E-state index in [2.05, 4.69) is 0 Å². The predicted octanol–water partition coefficient (Wildman–Crippen LogP) is 0.855. The molecule has 0 bridgehead atoms. The topological polar surface area (TPSA) is 59.1 Å². The molecule has 1 aromatic carbocycles. The number of rotatable bonds is 5. The van der Waals surface area contributed by atoms with Crippen LogP contribution in [-0.4, -0.2) is 62.5 Å². The van der Waals surface area contributed by atoms with Gasteiger partial charge in [-0.2, -0.15) is 0 Å². The van der Waals surface area contributed by atoms with Crippen LogP contribution in [-0.2, 0) is 16.0 Å². The average molecular weight is 306 g/mol. The van der Waals surface area contributed by atoms with Crippen LogP contribution in [0.5, 0.6) is 11.5 Å². The molecule has 0 unspecified atom stereocenters. The Kier molecular flexibility index (Phi) is 5.25. The van der Waals surface area contributed by atoms with Crippen molar-refractivity contribution in [2.24, 2.45) is 0 Å². The Morgan fingerprint density at radius 2 is 1.73 bits per heavy atom. The van der Waals surface area contributed by atoms with Gasteiger partial charge in [0, 0.05) is 26.2 Å². The van der Waals surface area contributed by atoms with Crippen molar-refractivity contribution in [2.75, 3.05) is 40.4 Å². The van der Waals surface area contributed by atoms with Crippen LogP contribution in [0.3, 0.4) is 0 Å². The van der Waals surface area contributed by atoms with Gasteiger partial charge in [-0.15, -0.1) is 0 Å². The van der Waals surface area contributed by atoms with Crippen molar-refractivity contribution in [3.05, 3.63) is 23.3 Å². The zero-order valence-electron chi connectivity index (χ0n) is 13.3. The number of carbonyl (C=O) groups is 2. The summed E-state index contributed by atoms with van der Waals surface area (Å²) in [6, 6.07) is 3.74. The van der Waals surface area contributed by atoms with Crippen molar-refractivity contribution in [1.29, 1.82) is 0 Å². The molecule has 1 aliphatic rings. The van der Waals surface area contributed by atoms with E-state index in [-0.39, 0.29) is 5.91 Å². The highest BCUT2D eigenvalue weighted by atomic mass is 16.5. The van der Waals surface area contributed by atoms with E-state index >= 15 is 0 Å². The van der Waals surface area contributed by atoms with Crippen molar-refractivity contribution >= 4 is 12.3 Å². The van der Waals surface area contributed by atoms with E-state index in [4.69, 9.17) is 9.47 Å². The van der Waals surface area contributed by atoms with Crippen LogP contribution in [0.1, 0.15) is 11.1 Å². The molecule has 0 N–H and O–H groups in total. The van der Waals surface area contributed by atoms with Gasteiger partial charge in [0.25, 0.3) is 0 Å². The molecule has 22 heavy (non-hydrogen) atoms. The van der Waals surface area contributed by atoms with Gasteiger partial charge in [-0.25, -0.2) is 0 Å². The van der Waals surface area contributed by atoms with Gasteiger partial charge in [-0.1, -0.05) is 0 Å². The highest BCUT2D eigenvalue weighted by Crippen LogP contribution is 2.30. The molecular formula is C16H22N2O4. The summed E-state index contributed by atoms with van der Waals surface area (Å²) in [6.07, 6.45) is 1.16. The number of ether oxygens (including phenoxy) is 2. The van der Waals surface area contributed by atoms with Crippen LogP contribution in [0.2, 0.25) is 0 Å². The van der Waals surface area contributed by atoms with E-state index in [0.717, 1.165) is 17.5 Å². The standard InChI is InChI=1S/C16H22N2O4/c1-12-8-14(21-2)15(22-3)9-13(12)10-16(20)18-6-4-17(11-19)5-7-18/h8-9,11H,4-7,10H2,1-3H3. The SMILES string of the molecule is COc1cc(C)c(CC(=O)N2CCN(C=O)CC2)cc1OC. The lowest BCUT2D eigenvalue weighted by molar-refractivity contribution is -0.134. The van der Waals surface area contributed by atoms with Gasteiger partial charge < -0.3 is 19.3 Å². The van der Waals surface area contributed by atoms with Crippen molar-refractivity contribution in [2.45, 2.75) is 13.3 Å². The Bertz CT molecular complexity index is 551. The summed E-state index contributed by atoms with van der Waals surface area (Å²) in [5, 5.41) is 0. The van der Waals surface area contributed by atoms with Crippen LogP contribution in [0.15, 0.2) is 12.1 Å². The predicted molar refractivity (Wildman–Crippen MR) is 82.2 cm³/mol. The smallest absolute Gasteiger partial charge is 0.227 e. The van der Waals surface area contributed by atoms with Crippen LogP contribution in [0.4, 0.5) is 0 Å². The number of piperazine rings is 1. The molecule has 6 heteroatoms. The third-order valence-electron chi connectivity index (χ3n) is 4.00. The molecule has 0 aliphatic carbocycles. The van der Waals surface area contributed by atoms with Crippen molar-refractivity contribution in [3.63, 3.8) is 0 Å². The van der Waals surface area contributed by atoms with Crippen LogP contribution in [0.25, 0.3) is 0 Å². The number of amides is 2. The van der Waals surface area contributed by atoms with Gasteiger partial charge in [0.05, 0.1) is 20.6 Å². The second-order valence-electron chi connectivity index (χ2n) is 5.33. The van der Waals surface area contributed by atoms with Gasteiger partial charge in [0.15, 0.2) is 11.5 Å². The third-order valence-corrected chi connectivity index (χ3v) is 4.00. The van der Waals surface area contributed by atoms with Gasteiger partial charge >= 0.3 is 0 Å². The van der Waals surface area contributed by atoms with Crippen molar-refractivity contribution < 1.29 is 19.1 Å². The van der Waals surface area contributed by atoms with Crippen LogP contribution < -0.4 is 9.47 Å². The quantitative estimate of drug-likeness (QED) is 0.757. The summed E-state index contributed by atoms with van der Waals surface area (Å²) in [5.74, 6) is 1.36. The number of hydrogen-bond donors (Lipinski definition) is 0. The number of nitrogens with zero attached hydrogens (tertiary/aromatic N) is 2. The first-order valence-corrected chi connectivity index (χ1v) is 7.27. The second kappa shape index (κ2) is 7.15. The van der Waals surface area contributed by atoms with Crippen molar-refractivity contribution in [1.82, 2.24) is 9.80 Å². The van der Waals surface area contributed by atoms with Gasteiger partial charge in [0.2, 0.25) is 12.3 Å². The molecule has 2 rings (SSSR count). The Morgan fingerprint density at radius 3 is 2.27 bits per heavy atom. The number of hydrogen-bond acceptors (Lipinski definition) is 4. The number of aryl methyl sites for hydroxylation is 1. The monoisotopic (exact) mass is 306 g/mol. The summed E-state index contributed by atoms with van der Waals surface area (Å²) in [7, 11) is 3.17. The van der Waals surface area contributed by atoms with E-state index in [9.17, 15) is 9.59 Å². The molecule has 120 valence electrons. The van der Waals surface area contributed by atoms with E-state index in [1.54, 1.807) is 24.0 Å². The Labute approximate surface area is 130 Å². The minimum atomic E-state index is 0.0702. The number of carbonyl (C=O) groups excluding carboxylic acids is 2. The summed E-state index contributed by atoms with van der Waals surface area (Å²) < 4.78 is 10.6. The molecule has 0 aromatic heterocycles. The first kappa shape index (κ1) is 16.1. The maximum Gasteiger partial charge on any atom is 0.227 e. The van der Waals surface area contributed by atoms with E-state index in [1.165, 1.54) is 0 Å². The lowest BCUT2D eigenvalue weighted by Gasteiger charge is -2.32. The highest BCUT2D eigenvalue weighted by Gasteiger charge is 2.21. The maximum atomic E-state index is 12.4. The van der Waals surface area contributed by atoms with Crippen LogP contribution >= 0.6 is 0 Å². The second-order valence-corrected chi connectivity index (χ2v) is 5.33.